The number of amides is 1. The van der Waals surface area contributed by atoms with E-state index in [-0.39, 0.29) is 18.3 Å². The van der Waals surface area contributed by atoms with Gasteiger partial charge in [-0.1, -0.05) is 11.3 Å². The Bertz CT molecular complexity index is 941. The first-order chi connectivity index (χ1) is 14.2. The van der Waals surface area contributed by atoms with Crippen molar-refractivity contribution in [2.75, 3.05) is 50.9 Å². The zero-order valence-electron chi connectivity index (χ0n) is 16.9. The number of benzene rings is 1. The van der Waals surface area contributed by atoms with Gasteiger partial charge in [-0.3, -0.25) is 14.6 Å². The number of hydrogen-bond acceptors (Lipinski definition) is 7. The highest BCUT2D eigenvalue weighted by Crippen LogP contribution is 2.32. The number of halogens is 1. The summed E-state index contributed by atoms with van der Waals surface area (Å²) >= 11 is 1.50. The number of ether oxygens (including phenoxy) is 2. The van der Waals surface area contributed by atoms with Gasteiger partial charge in [0.1, 0.15) is 5.75 Å². The van der Waals surface area contributed by atoms with Gasteiger partial charge in [-0.15, -0.1) is 12.4 Å². The molecule has 3 aromatic rings. The van der Waals surface area contributed by atoms with Crippen LogP contribution in [0.25, 0.3) is 10.2 Å². The van der Waals surface area contributed by atoms with E-state index in [0.29, 0.717) is 24.0 Å². The number of rotatable bonds is 8. The number of aromatic nitrogens is 1. The van der Waals surface area contributed by atoms with Crippen molar-refractivity contribution in [2.45, 2.75) is 13.3 Å². The fourth-order valence-corrected chi connectivity index (χ4v) is 4.38. The quantitative estimate of drug-likeness (QED) is 0.514. The second-order valence-electron chi connectivity index (χ2n) is 6.80. The van der Waals surface area contributed by atoms with Crippen molar-refractivity contribution in [1.82, 2.24) is 9.88 Å². The Morgan fingerprint density at radius 1 is 1.30 bits per heavy atom. The van der Waals surface area contributed by atoms with Gasteiger partial charge >= 0.3 is 0 Å². The third-order valence-electron chi connectivity index (χ3n) is 4.83. The molecule has 7 nitrogen and oxygen atoms in total. The molecule has 0 radical (unpaired) electrons. The first-order valence-corrected chi connectivity index (χ1v) is 10.7. The molecule has 0 atom stereocenters. The van der Waals surface area contributed by atoms with Gasteiger partial charge < -0.3 is 13.9 Å². The van der Waals surface area contributed by atoms with Crippen LogP contribution in [0.3, 0.4) is 0 Å². The fourth-order valence-electron chi connectivity index (χ4n) is 3.36. The van der Waals surface area contributed by atoms with Crippen LogP contribution in [-0.2, 0) is 4.74 Å². The zero-order valence-corrected chi connectivity index (χ0v) is 18.5. The monoisotopic (exact) mass is 451 g/mol. The maximum atomic E-state index is 13.1. The van der Waals surface area contributed by atoms with E-state index in [2.05, 4.69) is 4.90 Å². The van der Waals surface area contributed by atoms with Crippen molar-refractivity contribution in [1.29, 1.82) is 0 Å². The average molecular weight is 452 g/mol. The predicted octanol–water partition coefficient (Wildman–Crippen LogP) is 4.08. The molecule has 0 unspecified atom stereocenters. The molecular weight excluding hydrogens is 426 g/mol. The van der Waals surface area contributed by atoms with Gasteiger partial charge in [0.25, 0.3) is 5.91 Å². The third kappa shape index (κ3) is 5.31. The standard InChI is InChI=1S/C21H25N3O4S.ClH/c1-2-27-16-6-7-17-19(15-16)29-21(22-17)24(20(25)18-5-3-12-28-18)9-4-8-23-10-13-26-14-11-23;/h3,5-7,12,15H,2,4,8-11,13-14H2,1H3;1H. The molecule has 0 aliphatic carbocycles. The Balaban J connectivity index is 0.00000256. The molecule has 1 amide bonds. The highest BCUT2D eigenvalue weighted by molar-refractivity contribution is 7.22. The van der Waals surface area contributed by atoms with E-state index in [1.165, 1.54) is 17.6 Å². The lowest BCUT2D eigenvalue weighted by Crippen LogP contribution is -2.39. The summed E-state index contributed by atoms with van der Waals surface area (Å²) in [6.45, 7) is 7.49. The number of furan rings is 1. The van der Waals surface area contributed by atoms with Crippen LogP contribution in [0.1, 0.15) is 23.9 Å². The summed E-state index contributed by atoms with van der Waals surface area (Å²) in [4.78, 5) is 21.9. The number of carbonyl (C=O) groups excluding carboxylic acids is 1. The van der Waals surface area contributed by atoms with Crippen LogP contribution in [0.4, 0.5) is 5.13 Å². The molecule has 2 aromatic heterocycles. The van der Waals surface area contributed by atoms with E-state index in [9.17, 15) is 4.79 Å². The minimum atomic E-state index is -0.166. The first-order valence-electron chi connectivity index (χ1n) is 9.93. The molecule has 0 N–H and O–H groups in total. The number of fused-ring (bicyclic) bond motifs is 1. The van der Waals surface area contributed by atoms with Gasteiger partial charge in [0.05, 0.1) is 36.3 Å². The summed E-state index contributed by atoms with van der Waals surface area (Å²) < 4.78 is 17.4. The summed E-state index contributed by atoms with van der Waals surface area (Å²) in [5.74, 6) is 0.970. The Kier molecular flexibility index (Phi) is 8.09. The number of anilines is 1. The van der Waals surface area contributed by atoms with Crippen molar-refractivity contribution in [2.24, 2.45) is 0 Å². The van der Waals surface area contributed by atoms with Gasteiger partial charge in [-0.25, -0.2) is 4.98 Å². The molecule has 4 rings (SSSR count). The van der Waals surface area contributed by atoms with E-state index < -0.39 is 0 Å². The molecule has 1 aromatic carbocycles. The van der Waals surface area contributed by atoms with Crippen LogP contribution in [0.5, 0.6) is 5.75 Å². The maximum Gasteiger partial charge on any atom is 0.295 e. The third-order valence-corrected chi connectivity index (χ3v) is 5.87. The molecule has 0 bridgehead atoms. The number of hydrogen-bond donors (Lipinski definition) is 0. The van der Waals surface area contributed by atoms with Gasteiger partial charge in [-0.05, 0) is 43.7 Å². The molecule has 0 saturated carbocycles. The van der Waals surface area contributed by atoms with E-state index in [4.69, 9.17) is 18.9 Å². The molecule has 1 aliphatic heterocycles. The van der Waals surface area contributed by atoms with Gasteiger partial charge in [0.15, 0.2) is 10.9 Å². The van der Waals surface area contributed by atoms with Crippen LogP contribution >= 0.6 is 23.7 Å². The van der Waals surface area contributed by atoms with Crippen LogP contribution < -0.4 is 9.64 Å². The molecular formula is C21H26ClN3O4S. The number of thiazole rings is 1. The predicted molar refractivity (Wildman–Crippen MR) is 120 cm³/mol. The van der Waals surface area contributed by atoms with Crippen molar-refractivity contribution in [3.8, 4) is 5.75 Å². The Hall–Kier alpha value is -2.13. The van der Waals surface area contributed by atoms with Gasteiger partial charge in [0.2, 0.25) is 0 Å². The van der Waals surface area contributed by atoms with Crippen molar-refractivity contribution in [3.05, 3.63) is 42.4 Å². The lowest BCUT2D eigenvalue weighted by Gasteiger charge is -2.27. The molecule has 162 valence electrons. The van der Waals surface area contributed by atoms with Crippen LogP contribution in [0.15, 0.2) is 41.0 Å². The molecule has 3 heterocycles. The number of nitrogens with zero attached hydrogens (tertiary/aromatic N) is 3. The van der Waals surface area contributed by atoms with E-state index in [1.807, 2.05) is 25.1 Å². The van der Waals surface area contributed by atoms with Crippen LogP contribution in [-0.4, -0.2) is 61.8 Å². The molecule has 0 spiro atoms. The van der Waals surface area contributed by atoms with E-state index >= 15 is 0 Å². The Labute approximate surface area is 186 Å². The molecule has 1 fully saturated rings. The maximum absolute atomic E-state index is 13.1. The number of morpholine rings is 1. The lowest BCUT2D eigenvalue weighted by atomic mass is 10.3. The van der Waals surface area contributed by atoms with Crippen molar-refractivity contribution < 1.29 is 18.7 Å². The average Bonchev–Trinajstić information content (AvgIpc) is 3.41. The van der Waals surface area contributed by atoms with Gasteiger partial charge in [-0.2, -0.15) is 0 Å². The van der Waals surface area contributed by atoms with Crippen molar-refractivity contribution >= 4 is 45.0 Å². The largest absolute Gasteiger partial charge is 0.494 e. The Morgan fingerprint density at radius 2 is 2.13 bits per heavy atom. The zero-order chi connectivity index (χ0) is 20.1. The normalized spacial score (nSPS) is 14.4. The molecule has 1 aliphatic rings. The number of carbonyl (C=O) groups is 1. The minimum absolute atomic E-state index is 0. The summed E-state index contributed by atoms with van der Waals surface area (Å²) in [6, 6.07) is 9.24. The van der Waals surface area contributed by atoms with E-state index in [1.54, 1.807) is 17.0 Å². The highest BCUT2D eigenvalue weighted by Gasteiger charge is 2.23. The van der Waals surface area contributed by atoms with E-state index in [0.717, 1.165) is 55.2 Å². The molecule has 1 saturated heterocycles. The lowest BCUT2D eigenvalue weighted by molar-refractivity contribution is 0.0376. The summed E-state index contributed by atoms with van der Waals surface area (Å²) in [5, 5.41) is 0.678. The van der Waals surface area contributed by atoms with Crippen LogP contribution in [0.2, 0.25) is 0 Å². The minimum Gasteiger partial charge on any atom is -0.494 e. The summed E-state index contributed by atoms with van der Waals surface area (Å²) in [6.07, 6.45) is 2.37. The highest BCUT2D eigenvalue weighted by atomic mass is 35.5. The fraction of sp³-hybridized carbons (Fsp3) is 0.429. The first kappa shape index (κ1) is 22.6. The second-order valence-corrected chi connectivity index (χ2v) is 7.81. The summed E-state index contributed by atoms with van der Waals surface area (Å²) in [5.41, 5.74) is 0.860. The molecule has 9 heteroatoms. The van der Waals surface area contributed by atoms with Crippen molar-refractivity contribution in [3.63, 3.8) is 0 Å². The summed E-state index contributed by atoms with van der Waals surface area (Å²) in [7, 11) is 0. The second kappa shape index (κ2) is 10.8. The SMILES string of the molecule is CCOc1ccc2nc(N(CCCN3CCOCC3)C(=O)c3ccco3)sc2c1.Cl. The topological polar surface area (TPSA) is 68.0 Å². The Morgan fingerprint density at radius 3 is 2.87 bits per heavy atom. The van der Waals surface area contributed by atoms with Gasteiger partial charge in [0, 0.05) is 26.2 Å². The van der Waals surface area contributed by atoms with Crippen LogP contribution in [0, 0.1) is 0 Å². The molecule has 30 heavy (non-hydrogen) atoms. The smallest absolute Gasteiger partial charge is 0.295 e.